The first-order chi connectivity index (χ1) is 13.0. The maximum Gasteiger partial charge on any atom is 0.358 e. The molecule has 0 atom stereocenters. The lowest BCUT2D eigenvalue weighted by molar-refractivity contribution is 0.0518. The first-order valence-electron chi connectivity index (χ1n) is 8.28. The molecule has 0 saturated carbocycles. The van der Waals surface area contributed by atoms with E-state index in [4.69, 9.17) is 9.47 Å². The van der Waals surface area contributed by atoms with Crippen LogP contribution in [0.2, 0.25) is 0 Å². The second-order valence-electron chi connectivity index (χ2n) is 5.41. The van der Waals surface area contributed by atoms with Crippen LogP contribution in [0.3, 0.4) is 0 Å². The largest absolute Gasteiger partial charge is 0.461 e. The Morgan fingerprint density at radius 1 is 1.11 bits per heavy atom. The van der Waals surface area contributed by atoms with E-state index in [1.54, 1.807) is 25.1 Å². The number of carbonyl (C=O) groups is 1. The fourth-order valence-electron chi connectivity index (χ4n) is 2.08. The van der Waals surface area contributed by atoms with Gasteiger partial charge in [0, 0.05) is 20.2 Å². The Morgan fingerprint density at radius 2 is 1.85 bits per heavy atom. The number of nitrogens with zero attached hydrogens (tertiary/aromatic N) is 2. The summed E-state index contributed by atoms with van der Waals surface area (Å²) in [6.45, 7) is 2.92. The third-order valence-corrected chi connectivity index (χ3v) is 4.93. The van der Waals surface area contributed by atoms with Gasteiger partial charge in [0.25, 0.3) is 0 Å². The highest BCUT2D eigenvalue weighted by Gasteiger charge is 2.13. The lowest BCUT2D eigenvalue weighted by atomic mass is 10.2. The molecule has 0 fully saturated rings. The Balaban J connectivity index is 1.92. The number of rotatable bonds is 10. The molecule has 0 spiro atoms. The SMILES string of the molecule is CCOC(=O)c1ccc(NCc2ccc(S(=O)(=O)NCCOC)cc2)nn1. The molecule has 2 rings (SSSR count). The molecule has 1 heterocycles. The molecule has 2 N–H and O–H groups in total. The molecule has 27 heavy (non-hydrogen) atoms. The monoisotopic (exact) mass is 394 g/mol. The molecule has 10 heteroatoms. The van der Waals surface area contributed by atoms with Gasteiger partial charge in [0.1, 0.15) is 5.82 Å². The van der Waals surface area contributed by atoms with Crippen molar-refractivity contribution in [2.24, 2.45) is 0 Å². The minimum Gasteiger partial charge on any atom is -0.461 e. The highest BCUT2D eigenvalue weighted by Crippen LogP contribution is 2.12. The lowest BCUT2D eigenvalue weighted by Gasteiger charge is -2.08. The van der Waals surface area contributed by atoms with Crippen molar-refractivity contribution < 1.29 is 22.7 Å². The first kappa shape index (κ1) is 20.7. The number of carbonyl (C=O) groups excluding carboxylic acids is 1. The van der Waals surface area contributed by atoms with Gasteiger partial charge in [0.05, 0.1) is 18.1 Å². The van der Waals surface area contributed by atoms with Crippen LogP contribution in [0.5, 0.6) is 0 Å². The van der Waals surface area contributed by atoms with E-state index in [9.17, 15) is 13.2 Å². The number of hydrogen-bond acceptors (Lipinski definition) is 8. The predicted molar refractivity (Wildman–Crippen MR) is 98.8 cm³/mol. The molecule has 0 aliphatic rings. The number of hydrogen-bond donors (Lipinski definition) is 2. The zero-order chi connectivity index (χ0) is 19.7. The van der Waals surface area contributed by atoms with Crippen LogP contribution in [0.15, 0.2) is 41.3 Å². The van der Waals surface area contributed by atoms with Crippen molar-refractivity contribution in [1.82, 2.24) is 14.9 Å². The van der Waals surface area contributed by atoms with Crippen molar-refractivity contribution in [3.05, 3.63) is 47.7 Å². The van der Waals surface area contributed by atoms with E-state index in [1.807, 2.05) is 0 Å². The van der Waals surface area contributed by atoms with Crippen molar-refractivity contribution >= 4 is 21.8 Å². The van der Waals surface area contributed by atoms with Gasteiger partial charge in [-0.2, -0.15) is 0 Å². The molecule has 146 valence electrons. The van der Waals surface area contributed by atoms with Crippen molar-refractivity contribution in [2.75, 3.05) is 32.2 Å². The van der Waals surface area contributed by atoms with Gasteiger partial charge in [-0.1, -0.05) is 12.1 Å². The first-order valence-corrected chi connectivity index (χ1v) is 9.77. The molecule has 0 bridgehead atoms. The molecular weight excluding hydrogens is 372 g/mol. The van der Waals surface area contributed by atoms with Gasteiger partial charge in [-0.05, 0) is 36.8 Å². The van der Waals surface area contributed by atoms with Gasteiger partial charge in [-0.15, -0.1) is 10.2 Å². The van der Waals surface area contributed by atoms with Gasteiger partial charge >= 0.3 is 5.97 Å². The molecule has 0 unspecified atom stereocenters. The normalized spacial score (nSPS) is 11.2. The van der Waals surface area contributed by atoms with E-state index >= 15 is 0 Å². The number of aromatic nitrogens is 2. The summed E-state index contributed by atoms with van der Waals surface area (Å²) < 4.78 is 36.3. The molecule has 2 aromatic rings. The second-order valence-corrected chi connectivity index (χ2v) is 7.18. The number of esters is 1. The molecule has 9 nitrogen and oxygen atoms in total. The maximum atomic E-state index is 12.1. The summed E-state index contributed by atoms with van der Waals surface area (Å²) >= 11 is 0. The third kappa shape index (κ3) is 6.27. The highest BCUT2D eigenvalue weighted by molar-refractivity contribution is 7.89. The van der Waals surface area contributed by atoms with Crippen LogP contribution in [-0.4, -0.2) is 51.5 Å². The van der Waals surface area contributed by atoms with Crippen LogP contribution in [-0.2, 0) is 26.0 Å². The number of methoxy groups -OCH3 is 1. The van der Waals surface area contributed by atoms with Crippen molar-refractivity contribution in [1.29, 1.82) is 0 Å². The standard InChI is InChI=1S/C17H22N4O5S/c1-3-26-17(22)15-8-9-16(21-20-15)18-12-13-4-6-14(7-5-13)27(23,24)19-10-11-25-2/h4-9,19H,3,10-12H2,1-2H3,(H,18,21). The maximum absolute atomic E-state index is 12.1. The summed E-state index contributed by atoms with van der Waals surface area (Å²) in [5.41, 5.74) is 1.00. The third-order valence-electron chi connectivity index (χ3n) is 3.45. The summed E-state index contributed by atoms with van der Waals surface area (Å²) in [5, 5.41) is 10.8. The van der Waals surface area contributed by atoms with E-state index in [-0.39, 0.29) is 23.7 Å². The zero-order valence-electron chi connectivity index (χ0n) is 15.1. The molecule has 0 radical (unpaired) electrons. The summed E-state index contributed by atoms with van der Waals surface area (Å²) in [5.74, 6) is -0.0339. The minimum atomic E-state index is -3.55. The Labute approximate surface area is 158 Å². The quantitative estimate of drug-likeness (QED) is 0.455. The van der Waals surface area contributed by atoms with Crippen molar-refractivity contribution in [3.63, 3.8) is 0 Å². The van der Waals surface area contributed by atoms with Crippen LogP contribution in [0, 0.1) is 0 Å². The number of sulfonamides is 1. The molecule has 0 aliphatic heterocycles. The van der Waals surface area contributed by atoms with Crippen LogP contribution in [0.25, 0.3) is 0 Å². The smallest absolute Gasteiger partial charge is 0.358 e. The van der Waals surface area contributed by atoms with E-state index in [2.05, 4.69) is 20.2 Å². The number of anilines is 1. The molecule has 0 aliphatic carbocycles. The Kier molecular flexibility index (Phi) is 7.65. The van der Waals surface area contributed by atoms with E-state index < -0.39 is 16.0 Å². The Bertz CT molecular complexity index is 839. The Hall–Kier alpha value is -2.56. The minimum absolute atomic E-state index is 0.137. The molecular formula is C17H22N4O5S. The van der Waals surface area contributed by atoms with Crippen LogP contribution in [0.1, 0.15) is 23.0 Å². The average molecular weight is 394 g/mol. The average Bonchev–Trinajstić information content (AvgIpc) is 2.67. The van der Waals surface area contributed by atoms with Crippen LogP contribution < -0.4 is 10.0 Å². The van der Waals surface area contributed by atoms with Gasteiger partial charge < -0.3 is 14.8 Å². The molecule has 1 aromatic heterocycles. The molecule has 0 amide bonds. The number of nitrogens with one attached hydrogen (secondary N) is 2. The van der Waals surface area contributed by atoms with Gasteiger partial charge in [0.2, 0.25) is 10.0 Å². The zero-order valence-corrected chi connectivity index (χ0v) is 16.0. The highest BCUT2D eigenvalue weighted by atomic mass is 32.2. The van der Waals surface area contributed by atoms with E-state index in [0.29, 0.717) is 19.0 Å². The number of ether oxygens (including phenoxy) is 2. The summed E-state index contributed by atoms with van der Waals surface area (Å²) in [4.78, 5) is 11.7. The predicted octanol–water partition coefficient (Wildman–Crippen LogP) is 1.19. The molecule has 1 aromatic carbocycles. The lowest BCUT2D eigenvalue weighted by Crippen LogP contribution is -2.27. The van der Waals surface area contributed by atoms with E-state index in [1.165, 1.54) is 25.3 Å². The summed E-state index contributed by atoms with van der Waals surface area (Å²) in [7, 11) is -2.05. The van der Waals surface area contributed by atoms with Crippen molar-refractivity contribution in [3.8, 4) is 0 Å². The van der Waals surface area contributed by atoms with Crippen molar-refractivity contribution in [2.45, 2.75) is 18.4 Å². The van der Waals surface area contributed by atoms with Crippen LogP contribution in [0.4, 0.5) is 5.82 Å². The summed E-state index contributed by atoms with van der Waals surface area (Å²) in [6, 6.07) is 9.62. The molecule has 0 saturated heterocycles. The van der Waals surface area contributed by atoms with Gasteiger partial charge in [0.15, 0.2) is 5.69 Å². The Morgan fingerprint density at radius 3 is 2.44 bits per heavy atom. The fraction of sp³-hybridized carbons (Fsp3) is 0.353. The number of benzene rings is 1. The van der Waals surface area contributed by atoms with Gasteiger partial charge in [-0.25, -0.2) is 17.9 Å². The summed E-state index contributed by atoms with van der Waals surface area (Å²) in [6.07, 6.45) is 0. The van der Waals surface area contributed by atoms with E-state index in [0.717, 1.165) is 5.56 Å². The van der Waals surface area contributed by atoms with Crippen LogP contribution >= 0.6 is 0 Å². The van der Waals surface area contributed by atoms with Gasteiger partial charge in [-0.3, -0.25) is 0 Å². The topological polar surface area (TPSA) is 120 Å². The second kappa shape index (κ2) is 9.95. The fourth-order valence-corrected chi connectivity index (χ4v) is 3.09.